The molecule has 1 aromatic rings. The van der Waals surface area contributed by atoms with Gasteiger partial charge in [0.05, 0.1) is 13.2 Å². The number of hydrogen-bond donors (Lipinski definition) is 1. The molecular formula is C16H24ClN3O. The third-order valence-corrected chi connectivity index (χ3v) is 3.90. The molecule has 0 bridgehead atoms. The molecular weight excluding hydrogens is 286 g/mol. The van der Waals surface area contributed by atoms with Crippen molar-refractivity contribution < 1.29 is 4.74 Å². The zero-order valence-electron chi connectivity index (χ0n) is 12.4. The second-order valence-electron chi connectivity index (χ2n) is 5.39. The maximum Gasteiger partial charge on any atom is 0.282 e. The number of ether oxygens (including phenoxy) is 1. The van der Waals surface area contributed by atoms with Crippen LogP contribution in [0.15, 0.2) is 29.3 Å². The summed E-state index contributed by atoms with van der Waals surface area (Å²) in [5.74, 6) is 0. The van der Waals surface area contributed by atoms with E-state index < -0.39 is 0 Å². The Morgan fingerprint density at radius 2 is 1.90 bits per heavy atom. The molecule has 2 N–H and O–H groups in total. The van der Waals surface area contributed by atoms with Gasteiger partial charge in [-0.15, -0.1) is 0 Å². The average Bonchev–Trinajstić information content (AvgIpc) is 2.52. The number of aliphatic imine (C=N–C) groups is 1. The Labute approximate surface area is 131 Å². The second-order valence-corrected chi connectivity index (χ2v) is 5.82. The fourth-order valence-corrected chi connectivity index (χ4v) is 2.58. The first-order valence-electron chi connectivity index (χ1n) is 7.63. The minimum absolute atomic E-state index is 0.267. The molecule has 0 amide bonds. The lowest BCUT2D eigenvalue weighted by atomic mass is 10.1. The molecule has 0 aliphatic carbocycles. The fraction of sp³-hybridized carbons (Fsp3) is 0.562. The molecule has 1 saturated heterocycles. The lowest BCUT2D eigenvalue weighted by Gasteiger charge is -2.26. The summed E-state index contributed by atoms with van der Waals surface area (Å²) in [6.45, 7) is 4.69. The van der Waals surface area contributed by atoms with E-state index in [9.17, 15) is 0 Å². The van der Waals surface area contributed by atoms with Gasteiger partial charge in [0.15, 0.2) is 0 Å². The Balaban J connectivity index is 1.60. The average molecular weight is 310 g/mol. The van der Waals surface area contributed by atoms with Crippen LogP contribution < -0.4 is 5.73 Å². The SMILES string of the molecule is NC(=NCc1ccc(Cl)cc1)OCCCN1CCCCC1. The number of piperidine rings is 1. The van der Waals surface area contributed by atoms with Crippen LogP contribution in [0.25, 0.3) is 0 Å². The number of nitrogens with zero attached hydrogens (tertiary/aromatic N) is 2. The Hall–Kier alpha value is -1.26. The maximum absolute atomic E-state index is 5.83. The third-order valence-electron chi connectivity index (χ3n) is 3.65. The highest BCUT2D eigenvalue weighted by molar-refractivity contribution is 6.30. The van der Waals surface area contributed by atoms with Gasteiger partial charge in [-0.3, -0.25) is 0 Å². The van der Waals surface area contributed by atoms with Gasteiger partial charge in [-0.05, 0) is 50.0 Å². The fourth-order valence-electron chi connectivity index (χ4n) is 2.45. The molecule has 0 unspecified atom stereocenters. The summed E-state index contributed by atoms with van der Waals surface area (Å²) in [4.78, 5) is 6.72. The molecule has 0 saturated carbocycles. The van der Waals surface area contributed by atoms with Crippen LogP contribution in [-0.4, -0.2) is 37.2 Å². The summed E-state index contributed by atoms with van der Waals surface area (Å²) in [5.41, 5.74) is 6.83. The monoisotopic (exact) mass is 309 g/mol. The van der Waals surface area contributed by atoms with Gasteiger partial charge in [-0.25, -0.2) is 4.99 Å². The highest BCUT2D eigenvalue weighted by Crippen LogP contribution is 2.10. The van der Waals surface area contributed by atoms with Gasteiger partial charge in [0.2, 0.25) is 0 Å². The number of halogens is 1. The van der Waals surface area contributed by atoms with Crippen LogP contribution >= 0.6 is 11.6 Å². The summed E-state index contributed by atoms with van der Waals surface area (Å²) >= 11 is 5.83. The molecule has 1 heterocycles. The van der Waals surface area contributed by atoms with E-state index in [2.05, 4.69) is 9.89 Å². The first-order chi connectivity index (χ1) is 10.2. The van der Waals surface area contributed by atoms with E-state index in [1.165, 1.54) is 32.4 Å². The lowest BCUT2D eigenvalue weighted by molar-refractivity contribution is 0.200. The van der Waals surface area contributed by atoms with Gasteiger partial charge in [-0.2, -0.15) is 0 Å². The van der Waals surface area contributed by atoms with Crippen LogP contribution in [0.5, 0.6) is 0 Å². The quantitative estimate of drug-likeness (QED) is 0.499. The predicted molar refractivity (Wildman–Crippen MR) is 87.6 cm³/mol. The van der Waals surface area contributed by atoms with Gasteiger partial charge in [-0.1, -0.05) is 30.2 Å². The summed E-state index contributed by atoms with van der Waals surface area (Å²) in [6, 6.07) is 7.85. The van der Waals surface area contributed by atoms with E-state index in [-0.39, 0.29) is 6.02 Å². The Morgan fingerprint density at radius 3 is 2.62 bits per heavy atom. The second kappa shape index (κ2) is 8.90. The molecule has 0 radical (unpaired) electrons. The molecule has 1 aliphatic rings. The van der Waals surface area contributed by atoms with Crippen molar-refractivity contribution in [1.29, 1.82) is 0 Å². The molecule has 21 heavy (non-hydrogen) atoms. The van der Waals surface area contributed by atoms with Crippen molar-refractivity contribution in [3.05, 3.63) is 34.9 Å². The van der Waals surface area contributed by atoms with Crippen LogP contribution in [-0.2, 0) is 11.3 Å². The number of amidine groups is 1. The highest BCUT2D eigenvalue weighted by atomic mass is 35.5. The van der Waals surface area contributed by atoms with E-state index in [0.717, 1.165) is 23.6 Å². The van der Waals surface area contributed by atoms with Crippen LogP contribution in [0.4, 0.5) is 0 Å². The molecule has 0 aromatic heterocycles. The largest absolute Gasteiger partial charge is 0.465 e. The summed E-state index contributed by atoms with van der Waals surface area (Å²) in [7, 11) is 0. The zero-order valence-corrected chi connectivity index (χ0v) is 13.2. The van der Waals surface area contributed by atoms with Gasteiger partial charge < -0.3 is 15.4 Å². The van der Waals surface area contributed by atoms with E-state index in [1.807, 2.05) is 24.3 Å². The molecule has 116 valence electrons. The number of likely N-dealkylation sites (tertiary alicyclic amines) is 1. The first kappa shape index (κ1) is 16.1. The van der Waals surface area contributed by atoms with E-state index in [4.69, 9.17) is 22.1 Å². The smallest absolute Gasteiger partial charge is 0.282 e. The molecule has 0 spiro atoms. The van der Waals surface area contributed by atoms with Crippen molar-refractivity contribution in [1.82, 2.24) is 4.90 Å². The topological polar surface area (TPSA) is 50.9 Å². The highest BCUT2D eigenvalue weighted by Gasteiger charge is 2.09. The minimum atomic E-state index is 0.267. The third kappa shape index (κ3) is 6.36. The molecule has 4 nitrogen and oxygen atoms in total. The van der Waals surface area contributed by atoms with Gasteiger partial charge in [0.1, 0.15) is 0 Å². The lowest BCUT2D eigenvalue weighted by Crippen LogP contribution is -2.31. The maximum atomic E-state index is 5.83. The molecule has 1 fully saturated rings. The van der Waals surface area contributed by atoms with Crippen molar-refractivity contribution in [2.75, 3.05) is 26.2 Å². The van der Waals surface area contributed by atoms with Crippen molar-refractivity contribution in [2.24, 2.45) is 10.7 Å². The summed E-state index contributed by atoms with van der Waals surface area (Å²) in [6.07, 6.45) is 5.02. The Kier molecular flexibility index (Phi) is 6.83. The zero-order chi connectivity index (χ0) is 14.9. The van der Waals surface area contributed by atoms with Gasteiger partial charge in [0, 0.05) is 11.6 Å². The number of rotatable bonds is 6. The van der Waals surface area contributed by atoms with Crippen LogP contribution in [0.1, 0.15) is 31.2 Å². The Bertz CT molecular complexity index is 441. The molecule has 1 aliphatic heterocycles. The van der Waals surface area contributed by atoms with Crippen molar-refractivity contribution >= 4 is 17.6 Å². The van der Waals surface area contributed by atoms with E-state index in [0.29, 0.717) is 13.2 Å². The normalized spacial score (nSPS) is 16.9. The van der Waals surface area contributed by atoms with E-state index >= 15 is 0 Å². The molecule has 1 aromatic carbocycles. The number of nitrogens with two attached hydrogens (primary N) is 1. The van der Waals surface area contributed by atoms with Crippen molar-refractivity contribution in [2.45, 2.75) is 32.2 Å². The molecule has 2 rings (SSSR count). The van der Waals surface area contributed by atoms with Crippen LogP contribution in [0.3, 0.4) is 0 Å². The molecule has 0 atom stereocenters. The minimum Gasteiger partial charge on any atom is -0.465 e. The van der Waals surface area contributed by atoms with E-state index in [1.54, 1.807) is 0 Å². The van der Waals surface area contributed by atoms with Crippen molar-refractivity contribution in [3.63, 3.8) is 0 Å². The Morgan fingerprint density at radius 1 is 1.19 bits per heavy atom. The first-order valence-corrected chi connectivity index (χ1v) is 8.01. The van der Waals surface area contributed by atoms with Crippen LogP contribution in [0, 0.1) is 0 Å². The summed E-state index contributed by atoms with van der Waals surface area (Å²) in [5, 5.41) is 0.727. The number of hydrogen-bond acceptors (Lipinski definition) is 3. The van der Waals surface area contributed by atoms with Crippen LogP contribution in [0.2, 0.25) is 5.02 Å². The van der Waals surface area contributed by atoms with Crippen molar-refractivity contribution in [3.8, 4) is 0 Å². The van der Waals surface area contributed by atoms with Gasteiger partial charge in [0.25, 0.3) is 6.02 Å². The number of benzene rings is 1. The summed E-state index contributed by atoms with van der Waals surface area (Å²) < 4.78 is 5.45. The molecule has 5 heteroatoms. The van der Waals surface area contributed by atoms with Gasteiger partial charge >= 0.3 is 0 Å². The standard InChI is InChI=1S/C16H24ClN3O/c17-15-7-5-14(6-8-15)13-19-16(18)21-12-4-11-20-9-2-1-3-10-20/h5-8H,1-4,9-13H2,(H2,18,19). The predicted octanol–water partition coefficient (Wildman–Crippen LogP) is 3.05.